The van der Waals surface area contributed by atoms with E-state index in [4.69, 9.17) is 11.6 Å². The Morgan fingerprint density at radius 2 is 2.05 bits per heavy atom. The summed E-state index contributed by atoms with van der Waals surface area (Å²) >= 11 is 6.17. The van der Waals surface area contributed by atoms with Gasteiger partial charge < -0.3 is 10.6 Å². The molecule has 1 amide bonds. The number of carbonyl (C=O) groups is 1. The predicted molar refractivity (Wildman–Crippen MR) is 91.1 cm³/mol. The summed E-state index contributed by atoms with van der Waals surface area (Å²) in [6.07, 6.45) is 2.32. The van der Waals surface area contributed by atoms with Gasteiger partial charge in [-0.3, -0.25) is 9.69 Å². The number of amides is 1. The number of nitrogens with zero attached hydrogens (tertiary/aromatic N) is 1. The van der Waals surface area contributed by atoms with E-state index in [0.29, 0.717) is 11.6 Å². The molecule has 1 heterocycles. The van der Waals surface area contributed by atoms with Crippen molar-refractivity contribution in [3.8, 4) is 0 Å². The molecule has 2 N–H and O–H groups in total. The lowest BCUT2D eigenvalue weighted by atomic mass is 9.97. The molecule has 1 saturated heterocycles. The van der Waals surface area contributed by atoms with E-state index in [2.05, 4.69) is 15.5 Å². The number of benzene rings is 1. The molecule has 1 aromatic rings. The number of likely N-dealkylation sites (tertiary alicyclic amines) is 1. The average molecular weight is 324 g/mol. The molecule has 22 heavy (non-hydrogen) atoms. The fourth-order valence-corrected chi connectivity index (χ4v) is 3.33. The lowest BCUT2D eigenvalue weighted by Gasteiger charge is -2.31. The van der Waals surface area contributed by atoms with Crippen LogP contribution in [0.5, 0.6) is 0 Å². The number of piperidine rings is 1. The molecule has 1 aromatic carbocycles. The van der Waals surface area contributed by atoms with Gasteiger partial charge in [-0.05, 0) is 64.0 Å². The minimum atomic E-state index is -0.0666. The molecule has 4 nitrogen and oxygen atoms in total. The second kappa shape index (κ2) is 8.51. The molecule has 5 heteroatoms. The van der Waals surface area contributed by atoms with Crippen LogP contribution in [0.2, 0.25) is 5.02 Å². The van der Waals surface area contributed by atoms with E-state index in [9.17, 15) is 4.79 Å². The normalized spacial score (nSPS) is 18.1. The summed E-state index contributed by atoms with van der Waals surface area (Å²) in [7, 11) is 2.00. The van der Waals surface area contributed by atoms with Crippen molar-refractivity contribution in [1.82, 2.24) is 15.5 Å². The van der Waals surface area contributed by atoms with Crippen molar-refractivity contribution >= 4 is 17.5 Å². The third-order valence-electron chi connectivity index (χ3n) is 4.32. The van der Waals surface area contributed by atoms with Crippen LogP contribution in [-0.2, 0) is 4.79 Å². The Morgan fingerprint density at radius 1 is 1.36 bits per heavy atom. The third kappa shape index (κ3) is 4.97. The van der Waals surface area contributed by atoms with Crippen molar-refractivity contribution in [2.24, 2.45) is 5.92 Å². The quantitative estimate of drug-likeness (QED) is 0.845. The molecule has 0 spiro atoms. The van der Waals surface area contributed by atoms with Crippen molar-refractivity contribution in [1.29, 1.82) is 0 Å². The number of carbonyl (C=O) groups excluding carboxylic acids is 1. The van der Waals surface area contributed by atoms with E-state index in [-0.39, 0.29) is 11.9 Å². The summed E-state index contributed by atoms with van der Waals surface area (Å²) in [5, 5.41) is 6.97. The van der Waals surface area contributed by atoms with Crippen LogP contribution in [0.25, 0.3) is 0 Å². The topological polar surface area (TPSA) is 44.4 Å². The van der Waals surface area contributed by atoms with Gasteiger partial charge >= 0.3 is 0 Å². The fourth-order valence-electron chi connectivity index (χ4n) is 3.03. The van der Waals surface area contributed by atoms with Crippen LogP contribution >= 0.6 is 11.6 Å². The van der Waals surface area contributed by atoms with E-state index >= 15 is 0 Å². The van der Waals surface area contributed by atoms with E-state index < -0.39 is 0 Å². The monoisotopic (exact) mass is 323 g/mol. The van der Waals surface area contributed by atoms with Gasteiger partial charge in [-0.25, -0.2) is 0 Å². The van der Waals surface area contributed by atoms with E-state index in [1.54, 1.807) is 0 Å². The first-order valence-electron chi connectivity index (χ1n) is 8.01. The van der Waals surface area contributed by atoms with Gasteiger partial charge in [0, 0.05) is 5.02 Å². The van der Waals surface area contributed by atoms with E-state index in [1.807, 2.05) is 38.2 Å². The molecular formula is C17H26ClN3O. The van der Waals surface area contributed by atoms with Crippen LogP contribution in [0.3, 0.4) is 0 Å². The molecule has 122 valence electrons. The molecule has 0 aliphatic carbocycles. The number of nitrogens with one attached hydrogen (secondary N) is 2. The minimum absolute atomic E-state index is 0.0666. The Balaban J connectivity index is 1.78. The van der Waals surface area contributed by atoms with Crippen LogP contribution in [0, 0.1) is 5.92 Å². The van der Waals surface area contributed by atoms with Gasteiger partial charge in [-0.15, -0.1) is 0 Å². The highest BCUT2D eigenvalue weighted by atomic mass is 35.5. The maximum Gasteiger partial charge on any atom is 0.234 e. The van der Waals surface area contributed by atoms with Gasteiger partial charge in [0.15, 0.2) is 0 Å². The second-order valence-corrected chi connectivity index (χ2v) is 6.50. The molecule has 1 fully saturated rings. The smallest absolute Gasteiger partial charge is 0.234 e. The summed E-state index contributed by atoms with van der Waals surface area (Å²) in [5.41, 5.74) is 0.963. The Labute approximate surface area is 138 Å². The van der Waals surface area contributed by atoms with Gasteiger partial charge in [0.05, 0.1) is 12.6 Å². The standard InChI is InChI=1S/C17H26ClN3O/c1-13(15-5-3-4-6-16(15)18)20-17(22)12-21-9-7-14(8-10-21)11-19-2/h3-6,13-14,19H,7-12H2,1-2H3,(H,20,22). The first-order chi connectivity index (χ1) is 10.6. The second-order valence-electron chi connectivity index (χ2n) is 6.09. The average Bonchev–Trinajstić information content (AvgIpc) is 2.50. The molecule has 1 aliphatic heterocycles. The molecule has 0 radical (unpaired) electrons. The zero-order valence-electron chi connectivity index (χ0n) is 13.4. The zero-order chi connectivity index (χ0) is 15.9. The molecule has 2 rings (SSSR count). The minimum Gasteiger partial charge on any atom is -0.348 e. The molecule has 0 saturated carbocycles. The largest absolute Gasteiger partial charge is 0.348 e. The molecule has 1 atom stereocenters. The lowest BCUT2D eigenvalue weighted by molar-refractivity contribution is -0.123. The van der Waals surface area contributed by atoms with Crippen LogP contribution < -0.4 is 10.6 Å². The molecule has 0 bridgehead atoms. The van der Waals surface area contributed by atoms with Crippen LogP contribution in [0.1, 0.15) is 31.4 Å². The summed E-state index contributed by atoms with van der Waals surface area (Å²) in [6, 6.07) is 7.58. The molecule has 1 aliphatic rings. The van der Waals surface area contributed by atoms with Gasteiger partial charge in [0.25, 0.3) is 0 Å². The number of hydrogen-bond acceptors (Lipinski definition) is 3. The van der Waals surface area contributed by atoms with Gasteiger partial charge in [-0.1, -0.05) is 29.8 Å². The maximum absolute atomic E-state index is 12.2. The number of halogens is 1. The predicted octanol–water partition coefficient (Wildman–Crippen LogP) is 2.45. The first kappa shape index (κ1) is 17.3. The Morgan fingerprint density at radius 3 is 2.68 bits per heavy atom. The fraction of sp³-hybridized carbons (Fsp3) is 0.588. The van der Waals surface area contributed by atoms with Crippen molar-refractivity contribution in [3.63, 3.8) is 0 Å². The summed E-state index contributed by atoms with van der Waals surface area (Å²) in [4.78, 5) is 14.4. The van der Waals surface area contributed by atoms with E-state index in [1.165, 1.54) is 0 Å². The summed E-state index contributed by atoms with van der Waals surface area (Å²) in [6.45, 7) is 5.52. The Hall–Kier alpha value is -1.10. The zero-order valence-corrected chi connectivity index (χ0v) is 14.2. The molecular weight excluding hydrogens is 298 g/mol. The van der Waals surface area contributed by atoms with E-state index in [0.717, 1.165) is 44.0 Å². The van der Waals surface area contributed by atoms with Gasteiger partial charge in [0.1, 0.15) is 0 Å². The lowest BCUT2D eigenvalue weighted by Crippen LogP contribution is -2.43. The SMILES string of the molecule is CNCC1CCN(CC(=O)NC(C)c2ccccc2Cl)CC1. The van der Waals surface area contributed by atoms with Crippen molar-refractivity contribution in [2.75, 3.05) is 33.2 Å². The molecule has 0 aromatic heterocycles. The maximum atomic E-state index is 12.2. The van der Waals surface area contributed by atoms with Crippen molar-refractivity contribution in [2.45, 2.75) is 25.8 Å². The summed E-state index contributed by atoms with van der Waals surface area (Å²) in [5.74, 6) is 0.811. The van der Waals surface area contributed by atoms with Crippen LogP contribution in [0.15, 0.2) is 24.3 Å². The van der Waals surface area contributed by atoms with Crippen LogP contribution in [-0.4, -0.2) is 44.0 Å². The Kier molecular flexibility index (Phi) is 6.68. The highest BCUT2D eigenvalue weighted by molar-refractivity contribution is 6.31. The van der Waals surface area contributed by atoms with Gasteiger partial charge in [0.2, 0.25) is 5.91 Å². The highest BCUT2D eigenvalue weighted by Crippen LogP contribution is 2.22. The highest BCUT2D eigenvalue weighted by Gasteiger charge is 2.21. The van der Waals surface area contributed by atoms with Gasteiger partial charge in [-0.2, -0.15) is 0 Å². The van der Waals surface area contributed by atoms with Crippen LogP contribution in [0.4, 0.5) is 0 Å². The summed E-state index contributed by atoms with van der Waals surface area (Å²) < 4.78 is 0. The number of hydrogen-bond donors (Lipinski definition) is 2. The number of rotatable bonds is 6. The molecule has 1 unspecified atom stereocenters. The van der Waals surface area contributed by atoms with Crippen molar-refractivity contribution in [3.05, 3.63) is 34.9 Å². The Bertz CT molecular complexity index is 487. The van der Waals surface area contributed by atoms with Crippen molar-refractivity contribution < 1.29 is 4.79 Å². The first-order valence-corrected chi connectivity index (χ1v) is 8.38. The third-order valence-corrected chi connectivity index (χ3v) is 4.66.